The second-order valence-corrected chi connectivity index (χ2v) is 5.72. The monoisotopic (exact) mass is 256 g/mol. The Labute approximate surface area is 110 Å². The molecule has 1 saturated heterocycles. The summed E-state index contributed by atoms with van der Waals surface area (Å²) in [6, 6.07) is 5.50. The second-order valence-electron chi connectivity index (χ2n) is 5.72. The number of nitrogens with zero attached hydrogens (tertiary/aromatic N) is 1. The second kappa shape index (κ2) is 3.57. The first-order chi connectivity index (χ1) is 9.18. The van der Waals surface area contributed by atoms with Gasteiger partial charge >= 0.3 is 0 Å². The summed E-state index contributed by atoms with van der Waals surface area (Å²) in [6.07, 6.45) is 3.51. The molecule has 2 bridgehead atoms. The van der Waals surface area contributed by atoms with Crippen molar-refractivity contribution >= 4 is 16.9 Å². The number of nitrogens with one attached hydrogen (secondary N) is 2. The van der Waals surface area contributed by atoms with Crippen LogP contribution in [0.3, 0.4) is 0 Å². The van der Waals surface area contributed by atoms with E-state index in [0.717, 1.165) is 36.6 Å². The predicted molar refractivity (Wildman–Crippen MR) is 71.6 cm³/mol. The van der Waals surface area contributed by atoms with Gasteiger partial charge in [-0.1, -0.05) is 6.07 Å². The number of fused-ring (bicyclic) bond motifs is 3. The number of aromatic nitrogens is 2. The van der Waals surface area contributed by atoms with Gasteiger partial charge in [-0.3, -0.25) is 4.79 Å². The molecule has 2 heterocycles. The van der Waals surface area contributed by atoms with E-state index in [2.05, 4.69) is 15.3 Å². The number of carbonyl (C=O) groups is 1. The Morgan fingerprint density at radius 1 is 1.47 bits per heavy atom. The van der Waals surface area contributed by atoms with Crippen LogP contribution in [0.25, 0.3) is 11.0 Å². The maximum atomic E-state index is 11.5. The lowest BCUT2D eigenvalue weighted by Crippen LogP contribution is -2.38. The molecular formula is C14H16N4O. The third kappa shape index (κ3) is 1.45. The van der Waals surface area contributed by atoms with Crippen LogP contribution in [0.15, 0.2) is 18.2 Å². The fourth-order valence-electron chi connectivity index (χ4n) is 3.58. The highest BCUT2D eigenvalue weighted by atomic mass is 16.1. The molecule has 0 radical (unpaired) electrons. The highest BCUT2D eigenvalue weighted by molar-refractivity contribution is 6.04. The molecule has 2 aromatic rings. The van der Waals surface area contributed by atoms with Gasteiger partial charge in [-0.15, -0.1) is 0 Å². The molecule has 2 fully saturated rings. The summed E-state index contributed by atoms with van der Waals surface area (Å²) in [5.41, 5.74) is 7.46. The van der Waals surface area contributed by atoms with E-state index in [0.29, 0.717) is 11.1 Å². The lowest BCUT2D eigenvalue weighted by atomic mass is 9.98. The number of hydrogen-bond donors (Lipinski definition) is 3. The van der Waals surface area contributed by atoms with Crippen LogP contribution >= 0.6 is 0 Å². The van der Waals surface area contributed by atoms with Crippen LogP contribution in [0.1, 0.15) is 35.4 Å². The van der Waals surface area contributed by atoms with Gasteiger partial charge in [0.2, 0.25) is 0 Å². The number of imidazole rings is 1. The maximum absolute atomic E-state index is 11.5. The zero-order valence-corrected chi connectivity index (χ0v) is 10.6. The molecule has 1 saturated carbocycles. The number of amides is 1. The van der Waals surface area contributed by atoms with E-state index in [1.54, 1.807) is 6.07 Å². The smallest absolute Gasteiger partial charge is 0.250 e. The van der Waals surface area contributed by atoms with E-state index in [1.807, 2.05) is 12.1 Å². The first-order valence-corrected chi connectivity index (χ1v) is 6.72. The van der Waals surface area contributed by atoms with Crippen molar-refractivity contribution in [3.05, 3.63) is 29.6 Å². The molecule has 5 nitrogen and oxygen atoms in total. The molecule has 4 N–H and O–H groups in total. The summed E-state index contributed by atoms with van der Waals surface area (Å²) in [6.45, 7) is 1.07. The fraction of sp³-hybridized carbons (Fsp3) is 0.429. The molecule has 2 aliphatic rings. The summed E-state index contributed by atoms with van der Waals surface area (Å²) in [5, 5.41) is 3.59. The zero-order valence-electron chi connectivity index (χ0n) is 10.6. The number of aromatic amines is 1. The van der Waals surface area contributed by atoms with Crippen molar-refractivity contribution < 1.29 is 4.79 Å². The van der Waals surface area contributed by atoms with Crippen LogP contribution in [0.2, 0.25) is 0 Å². The summed E-state index contributed by atoms with van der Waals surface area (Å²) < 4.78 is 0. The Balaban J connectivity index is 1.89. The number of rotatable bonds is 2. The molecule has 1 aliphatic carbocycles. The molecule has 0 unspecified atom stereocenters. The van der Waals surface area contributed by atoms with Crippen molar-refractivity contribution in [1.29, 1.82) is 0 Å². The van der Waals surface area contributed by atoms with Gasteiger partial charge in [0.15, 0.2) is 0 Å². The van der Waals surface area contributed by atoms with E-state index in [9.17, 15) is 4.79 Å². The van der Waals surface area contributed by atoms with Crippen LogP contribution in [0.5, 0.6) is 0 Å². The van der Waals surface area contributed by atoms with Crippen LogP contribution in [0.4, 0.5) is 0 Å². The topological polar surface area (TPSA) is 83.8 Å². The summed E-state index contributed by atoms with van der Waals surface area (Å²) in [5.74, 6) is 1.30. The molecule has 5 heteroatoms. The number of nitrogens with two attached hydrogens (primary N) is 1. The number of para-hydroxylation sites is 1. The SMILES string of the molecule is NC(=O)c1cccc2[nH]c([C@@]34CC[C@@H](CN3)C4)nc12. The summed E-state index contributed by atoms with van der Waals surface area (Å²) in [7, 11) is 0. The average Bonchev–Trinajstić information content (AvgIpc) is 3.11. The van der Waals surface area contributed by atoms with Gasteiger partial charge in [0.05, 0.1) is 16.6 Å². The number of hydrogen-bond acceptors (Lipinski definition) is 3. The highest BCUT2D eigenvalue weighted by Gasteiger charge is 2.47. The average molecular weight is 256 g/mol. The van der Waals surface area contributed by atoms with Gasteiger partial charge in [0, 0.05) is 0 Å². The lowest BCUT2D eigenvalue weighted by molar-refractivity contribution is 0.100. The normalized spacial score (nSPS) is 29.2. The number of carbonyl (C=O) groups excluding carboxylic acids is 1. The lowest BCUT2D eigenvalue weighted by Gasteiger charge is -2.25. The Hall–Kier alpha value is -1.88. The number of benzene rings is 1. The molecule has 1 aromatic carbocycles. The van der Waals surface area contributed by atoms with Crippen molar-refractivity contribution in [2.45, 2.75) is 24.8 Å². The van der Waals surface area contributed by atoms with Crippen molar-refractivity contribution in [1.82, 2.24) is 15.3 Å². The quantitative estimate of drug-likeness (QED) is 0.756. The van der Waals surface area contributed by atoms with Crippen LogP contribution in [-0.4, -0.2) is 22.4 Å². The van der Waals surface area contributed by atoms with Crippen LogP contribution < -0.4 is 11.1 Å². The van der Waals surface area contributed by atoms with Gasteiger partial charge in [0.1, 0.15) is 11.3 Å². The van der Waals surface area contributed by atoms with Gasteiger partial charge in [-0.25, -0.2) is 4.98 Å². The van der Waals surface area contributed by atoms with E-state index in [1.165, 1.54) is 6.42 Å². The van der Waals surface area contributed by atoms with Gasteiger partial charge in [-0.05, 0) is 43.9 Å². The van der Waals surface area contributed by atoms with Crippen molar-refractivity contribution in [3.8, 4) is 0 Å². The van der Waals surface area contributed by atoms with Gasteiger partial charge in [0.25, 0.3) is 5.91 Å². The molecule has 19 heavy (non-hydrogen) atoms. The molecule has 1 amide bonds. The van der Waals surface area contributed by atoms with Crippen molar-refractivity contribution in [3.63, 3.8) is 0 Å². The van der Waals surface area contributed by atoms with E-state index >= 15 is 0 Å². The number of primary amides is 1. The van der Waals surface area contributed by atoms with Crippen molar-refractivity contribution in [2.24, 2.45) is 11.7 Å². The molecule has 1 aromatic heterocycles. The molecule has 0 spiro atoms. The Morgan fingerprint density at radius 3 is 3.00 bits per heavy atom. The minimum absolute atomic E-state index is 0.0153. The number of piperidine rings is 1. The molecular weight excluding hydrogens is 240 g/mol. The Bertz CT molecular complexity index is 667. The maximum Gasteiger partial charge on any atom is 0.250 e. The minimum Gasteiger partial charge on any atom is -0.366 e. The first-order valence-electron chi connectivity index (χ1n) is 6.72. The third-order valence-electron chi connectivity index (χ3n) is 4.58. The van der Waals surface area contributed by atoms with E-state index < -0.39 is 5.91 Å². The first kappa shape index (κ1) is 11.0. The van der Waals surface area contributed by atoms with E-state index in [4.69, 9.17) is 5.73 Å². The van der Waals surface area contributed by atoms with Crippen LogP contribution in [-0.2, 0) is 5.54 Å². The fourth-order valence-corrected chi connectivity index (χ4v) is 3.58. The highest BCUT2D eigenvalue weighted by Crippen LogP contribution is 2.46. The summed E-state index contributed by atoms with van der Waals surface area (Å²) in [4.78, 5) is 19.5. The van der Waals surface area contributed by atoms with Crippen molar-refractivity contribution in [2.75, 3.05) is 6.54 Å². The number of H-pyrrole nitrogens is 1. The minimum atomic E-state index is -0.426. The van der Waals surface area contributed by atoms with Gasteiger partial charge in [-0.2, -0.15) is 0 Å². The molecule has 98 valence electrons. The van der Waals surface area contributed by atoms with Crippen LogP contribution in [0, 0.1) is 5.92 Å². The standard InChI is InChI=1S/C14H16N4O/c15-12(19)9-2-1-3-10-11(9)18-13(17-10)14-5-4-8(6-14)7-16-14/h1-3,8,16H,4-7H2,(H2,15,19)(H,17,18)/t8-,14+/m1/s1. The Morgan fingerprint density at radius 2 is 2.37 bits per heavy atom. The molecule has 2 atom stereocenters. The third-order valence-corrected chi connectivity index (χ3v) is 4.58. The largest absolute Gasteiger partial charge is 0.366 e. The molecule has 4 rings (SSSR count). The Kier molecular flexibility index (Phi) is 2.07. The summed E-state index contributed by atoms with van der Waals surface area (Å²) >= 11 is 0. The molecule has 1 aliphatic heterocycles. The predicted octanol–water partition coefficient (Wildman–Crippen LogP) is 1.26. The zero-order chi connectivity index (χ0) is 13.0. The van der Waals surface area contributed by atoms with E-state index in [-0.39, 0.29) is 5.54 Å². The van der Waals surface area contributed by atoms with Gasteiger partial charge < -0.3 is 16.0 Å².